The first-order valence-electron chi connectivity index (χ1n) is 11.4. The lowest BCUT2D eigenvalue weighted by Crippen LogP contribution is -2.60. The first-order chi connectivity index (χ1) is 15.2. The molecule has 6 nitrogen and oxygen atoms in total. The Hall–Kier alpha value is -2.81. The van der Waals surface area contributed by atoms with Gasteiger partial charge in [-0.1, -0.05) is 19.1 Å². The van der Waals surface area contributed by atoms with Crippen molar-refractivity contribution in [1.29, 1.82) is 5.26 Å². The predicted octanol–water partition coefficient (Wildman–Crippen LogP) is 4.23. The monoisotopic (exact) mass is 435 g/mol. The molecule has 2 saturated carbocycles. The van der Waals surface area contributed by atoms with Gasteiger partial charge in [-0.3, -0.25) is 9.59 Å². The number of nitriles is 1. The number of esters is 2. The van der Waals surface area contributed by atoms with Crippen molar-refractivity contribution < 1.29 is 23.8 Å². The Labute approximate surface area is 188 Å². The van der Waals surface area contributed by atoms with Crippen LogP contribution >= 0.6 is 0 Å². The molecule has 5 rings (SSSR count). The number of carbonyl (C=O) groups excluding carboxylic acids is 2. The highest BCUT2D eigenvalue weighted by Crippen LogP contribution is 2.78. The molecule has 2 fully saturated rings. The van der Waals surface area contributed by atoms with Crippen LogP contribution in [0.15, 0.2) is 30.4 Å². The molecule has 0 amide bonds. The van der Waals surface area contributed by atoms with Gasteiger partial charge < -0.3 is 14.2 Å². The number of ether oxygens (including phenoxy) is 3. The van der Waals surface area contributed by atoms with Gasteiger partial charge in [-0.15, -0.1) is 0 Å². The smallest absolute Gasteiger partial charge is 0.304 e. The molecular weight excluding hydrogens is 406 g/mol. The van der Waals surface area contributed by atoms with E-state index in [2.05, 4.69) is 31.2 Å². The molecular formula is C26H29NO5. The molecule has 1 aromatic rings. The van der Waals surface area contributed by atoms with E-state index in [4.69, 9.17) is 14.2 Å². The highest BCUT2D eigenvalue weighted by Gasteiger charge is 2.84. The van der Waals surface area contributed by atoms with Crippen molar-refractivity contribution in [2.75, 3.05) is 7.11 Å². The Kier molecular flexibility index (Phi) is 4.34. The number of allylic oxidation sites excluding steroid dienone is 1. The third kappa shape index (κ3) is 2.29. The maximum atomic E-state index is 12.3. The normalized spacial score (nSPS) is 40.5. The second-order valence-corrected chi connectivity index (χ2v) is 10.1. The number of hydrogen-bond acceptors (Lipinski definition) is 6. The highest BCUT2D eigenvalue weighted by atomic mass is 16.6. The second-order valence-electron chi connectivity index (χ2n) is 10.1. The summed E-state index contributed by atoms with van der Waals surface area (Å²) in [5, 5.41) is 10.4. The third-order valence-corrected chi connectivity index (χ3v) is 8.98. The zero-order valence-electron chi connectivity index (χ0n) is 19.1. The molecule has 0 unspecified atom stereocenters. The van der Waals surface area contributed by atoms with Crippen LogP contribution in [0.2, 0.25) is 0 Å². The van der Waals surface area contributed by atoms with E-state index in [1.807, 2.05) is 12.1 Å². The van der Waals surface area contributed by atoms with E-state index in [1.165, 1.54) is 25.0 Å². The van der Waals surface area contributed by atoms with Gasteiger partial charge in [0.05, 0.1) is 7.11 Å². The Morgan fingerprint density at radius 2 is 1.88 bits per heavy atom. The quantitative estimate of drug-likeness (QED) is 0.522. The summed E-state index contributed by atoms with van der Waals surface area (Å²) in [6.45, 7) is 4.79. The Bertz CT molecular complexity index is 1090. The molecule has 0 aliphatic heterocycles. The summed E-state index contributed by atoms with van der Waals surface area (Å²) in [5.74, 6) is 0.468. The highest BCUT2D eigenvalue weighted by molar-refractivity contribution is 5.71. The summed E-state index contributed by atoms with van der Waals surface area (Å²) in [6, 6.07) is 8.64. The molecule has 168 valence electrons. The average molecular weight is 436 g/mol. The fraction of sp³-hybridized carbons (Fsp3) is 0.577. The van der Waals surface area contributed by atoms with Gasteiger partial charge in [0.2, 0.25) is 5.60 Å². The summed E-state index contributed by atoms with van der Waals surface area (Å²) < 4.78 is 17.2. The van der Waals surface area contributed by atoms with Crippen LogP contribution in [0, 0.1) is 28.1 Å². The van der Waals surface area contributed by atoms with Crippen LogP contribution in [-0.2, 0) is 25.5 Å². The molecule has 0 spiro atoms. The van der Waals surface area contributed by atoms with Gasteiger partial charge in [0, 0.05) is 31.1 Å². The summed E-state index contributed by atoms with van der Waals surface area (Å²) >= 11 is 0. The summed E-state index contributed by atoms with van der Waals surface area (Å²) in [5.41, 5.74) is -1.06. The molecule has 0 N–H and O–H groups in total. The zero-order valence-corrected chi connectivity index (χ0v) is 19.1. The van der Waals surface area contributed by atoms with E-state index in [9.17, 15) is 14.9 Å². The van der Waals surface area contributed by atoms with Gasteiger partial charge in [0.15, 0.2) is 5.60 Å². The van der Waals surface area contributed by atoms with Crippen LogP contribution in [0.4, 0.5) is 0 Å². The summed E-state index contributed by atoms with van der Waals surface area (Å²) in [6.07, 6.45) is 7.98. The number of aryl methyl sites for hydroxylation is 1. The molecule has 4 aliphatic carbocycles. The minimum atomic E-state index is -1.52. The molecule has 0 saturated heterocycles. The maximum absolute atomic E-state index is 12.3. The van der Waals surface area contributed by atoms with Crippen LogP contribution in [0.1, 0.15) is 63.5 Å². The van der Waals surface area contributed by atoms with Crippen LogP contribution in [0.5, 0.6) is 5.75 Å². The SMILES string of the molecule is COc1ccc2c(c1)CC[C@H]1[C@@H]2CC[C@]2(C)[C@]3(OC(C)=O)C=C[C@]12C[C@@]3(C#N)OC(C)=O. The number of nitrogens with zero attached hydrogens (tertiary/aromatic N) is 1. The van der Waals surface area contributed by atoms with E-state index >= 15 is 0 Å². The number of hydrogen-bond donors (Lipinski definition) is 0. The lowest BCUT2D eigenvalue weighted by atomic mass is 9.48. The minimum Gasteiger partial charge on any atom is -0.497 e. The van der Waals surface area contributed by atoms with Crippen molar-refractivity contribution in [3.05, 3.63) is 41.5 Å². The molecule has 4 aliphatic rings. The van der Waals surface area contributed by atoms with Gasteiger partial charge >= 0.3 is 11.9 Å². The molecule has 0 radical (unpaired) electrons. The van der Waals surface area contributed by atoms with E-state index in [0.717, 1.165) is 31.4 Å². The van der Waals surface area contributed by atoms with Gasteiger partial charge in [0.1, 0.15) is 11.8 Å². The Morgan fingerprint density at radius 1 is 1.12 bits per heavy atom. The number of carbonyl (C=O) groups is 2. The molecule has 1 aromatic carbocycles. The van der Waals surface area contributed by atoms with Crippen molar-refractivity contribution in [3.8, 4) is 11.8 Å². The van der Waals surface area contributed by atoms with Crippen molar-refractivity contribution in [1.82, 2.24) is 0 Å². The minimum absolute atomic E-state index is 0.265. The molecule has 0 heterocycles. The molecule has 32 heavy (non-hydrogen) atoms. The zero-order chi connectivity index (χ0) is 22.9. The number of methoxy groups -OCH3 is 1. The summed E-state index contributed by atoms with van der Waals surface area (Å²) in [4.78, 5) is 24.4. The van der Waals surface area contributed by atoms with Crippen molar-refractivity contribution >= 4 is 11.9 Å². The first kappa shape index (κ1) is 21.1. The number of rotatable bonds is 3. The van der Waals surface area contributed by atoms with E-state index in [1.54, 1.807) is 7.11 Å². The Balaban J connectivity index is 1.66. The van der Waals surface area contributed by atoms with Gasteiger partial charge in [0.25, 0.3) is 0 Å². The van der Waals surface area contributed by atoms with E-state index in [0.29, 0.717) is 12.3 Å². The fourth-order valence-corrected chi connectivity index (χ4v) is 7.83. The van der Waals surface area contributed by atoms with Crippen LogP contribution in [0.3, 0.4) is 0 Å². The van der Waals surface area contributed by atoms with Crippen LogP contribution in [0.25, 0.3) is 0 Å². The van der Waals surface area contributed by atoms with Crippen molar-refractivity contribution in [2.24, 2.45) is 16.7 Å². The lowest BCUT2D eigenvalue weighted by molar-refractivity contribution is -0.200. The fourth-order valence-electron chi connectivity index (χ4n) is 7.83. The van der Waals surface area contributed by atoms with Crippen molar-refractivity contribution in [2.45, 2.75) is 70.0 Å². The molecule has 6 heteroatoms. The largest absolute Gasteiger partial charge is 0.497 e. The Morgan fingerprint density at radius 3 is 2.53 bits per heavy atom. The topological polar surface area (TPSA) is 85.6 Å². The third-order valence-electron chi connectivity index (χ3n) is 8.98. The van der Waals surface area contributed by atoms with Gasteiger partial charge in [-0.2, -0.15) is 5.26 Å². The van der Waals surface area contributed by atoms with E-state index in [-0.39, 0.29) is 5.92 Å². The molecule has 6 atom stereocenters. The van der Waals surface area contributed by atoms with Crippen LogP contribution in [-0.4, -0.2) is 30.3 Å². The molecule has 0 aromatic heterocycles. The van der Waals surface area contributed by atoms with Crippen LogP contribution < -0.4 is 4.74 Å². The molecule has 2 bridgehead atoms. The first-order valence-corrected chi connectivity index (χ1v) is 11.4. The van der Waals surface area contributed by atoms with Gasteiger partial charge in [-0.05, 0) is 66.9 Å². The summed E-state index contributed by atoms with van der Waals surface area (Å²) in [7, 11) is 1.69. The second kappa shape index (κ2) is 6.60. The standard InChI is InChI=1S/C26H29NO5/c1-16(28)31-25(15-27)14-24-11-12-26(25,32-17(2)29)23(24,3)10-9-21-20-7-6-19(30-4)13-18(20)5-8-22(21)24/h6-7,11-13,21-22H,5,8-10,14H2,1-4H3/t21-,22+,23+,24+,25+,26-/m1/s1. The number of fused-ring (bicyclic) bond motifs is 3. The maximum Gasteiger partial charge on any atom is 0.304 e. The van der Waals surface area contributed by atoms with E-state index < -0.39 is 34.0 Å². The van der Waals surface area contributed by atoms with Gasteiger partial charge in [-0.25, -0.2) is 0 Å². The lowest BCUT2D eigenvalue weighted by Gasteiger charge is -2.56. The average Bonchev–Trinajstić information content (AvgIpc) is 3.10. The predicted molar refractivity (Wildman–Crippen MR) is 116 cm³/mol. The van der Waals surface area contributed by atoms with Crippen molar-refractivity contribution in [3.63, 3.8) is 0 Å². The number of benzene rings is 1.